The molecule has 1 aromatic heterocycles. The third-order valence-electron chi connectivity index (χ3n) is 2.64. The Labute approximate surface area is 144 Å². The Kier molecular flexibility index (Phi) is 6.13. The fourth-order valence-corrected chi connectivity index (χ4v) is 1.94. The number of carbonyl (C=O) groups excluding carboxylic acids is 1. The van der Waals surface area contributed by atoms with E-state index in [2.05, 4.69) is 21.2 Å². The summed E-state index contributed by atoms with van der Waals surface area (Å²) < 4.78 is 5.25. The first-order chi connectivity index (χ1) is 11.1. The van der Waals surface area contributed by atoms with E-state index in [4.69, 9.17) is 28.6 Å². The summed E-state index contributed by atoms with van der Waals surface area (Å²) in [6.45, 7) is 2.32. The molecule has 120 valence electrons. The molecule has 0 aliphatic rings. The second-order valence-electron chi connectivity index (χ2n) is 4.33. The van der Waals surface area contributed by atoms with Crippen molar-refractivity contribution < 1.29 is 9.53 Å². The lowest BCUT2D eigenvalue weighted by Crippen LogP contribution is -2.44. The van der Waals surface area contributed by atoms with Crippen molar-refractivity contribution in [3.8, 4) is 5.88 Å². The van der Waals surface area contributed by atoms with Gasteiger partial charge >= 0.3 is 0 Å². The average Bonchev–Trinajstić information content (AvgIpc) is 2.55. The Morgan fingerprint density at radius 3 is 2.65 bits per heavy atom. The minimum atomic E-state index is -0.424. The summed E-state index contributed by atoms with van der Waals surface area (Å²) in [5.74, 6) is -0.0335. The molecule has 0 atom stereocenters. The molecule has 0 aliphatic carbocycles. The molecular weight excluding hydrogens is 336 g/mol. The third-order valence-corrected chi connectivity index (χ3v) is 3.10. The highest BCUT2D eigenvalue weighted by Gasteiger charge is 2.08. The molecule has 0 radical (unpaired) electrons. The quantitative estimate of drug-likeness (QED) is 0.581. The van der Waals surface area contributed by atoms with Gasteiger partial charge < -0.3 is 10.1 Å². The fraction of sp³-hybridized carbons (Fsp3) is 0.133. The number of aromatic nitrogens is 1. The molecule has 2 aromatic rings. The van der Waals surface area contributed by atoms with Crippen LogP contribution in [0.3, 0.4) is 0 Å². The second kappa shape index (κ2) is 8.30. The van der Waals surface area contributed by atoms with Gasteiger partial charge in [0.15, 0.2) is 5.11 Å². The summed E-state index contributed by atoms with van der Waals surface area (Å²) in [6.07, 6.45) is 0. The van der Waals surface area contributed by atoms with Gasteiger partial charge in [-0.2, -0.15) is 0 Å². The number of nitrogens with zero attached hydrogens (tertiary/aromatic N) is 1. The van der Waals surface area contributed by atoms with Gasteiger partial charge in [-0.05, 0) is 49.5 Å². The van der Waals surface area contributed by atoms with Crippen LogP contribution in [0.1, 0.15) is 17.4 Å². The molecule has 0 saturated heterocycles. The zero-order chi connectivity index (χ0) is 16.7. The predicted octanol–water partition coefficient (Wildman–Crippen LogP) is 2.77. The average molecular weight is 351 g/mol. The molecule has 1 aromatic carbocycles. The number of ether oxygens (including phenoxy) is 1. The van der Waals surface area contributed by atoms with Crippen molar-refractivity contribution in [1.82, 2.24) is 15.8 Å². The number of anilines is 1. The minimum Gasteiger partial charge on any atom is -0.478 e. The molecule has 0 spiro atoms. The molecule has 1 amide bonds. The van der Waals surface area contributed by atoms with Gasteiger partial charge in [0, 0.05) is 16.8 Å². The highest BCUT2D eigenvalue weighted by atomic mass is 35.5. The lowest BCUT2D eigenvalue weighted by atomic mass is 10.3. The van der Waals surface area contributed by atoms with Crippen LogP contribution >= 0.6 is 23.8 Å². The van der Waals surface area contributed by atoms with Crippen molar-refractivity contribution in [3.63, 3.8) is 0 Å². The molecule has 6 nitrogen and oxygen atoms in total. The number of carbonyl (C=O) groups is 1. The minimum absolute atomic E-state index is 0.220. The molecule has 0 fully saturated rings. The van der Waals surface area contributed by atoms with Gasteiger partial charge in [0.25, 0.3) is 5.91 Å². The maximum atomic E-state index is 12.0. The van der Waals surface area contributed by atoms with Crippen molar-refractivity contribution in [2.24, 2.45) is 0 Å². The van der Waals surface area contributed by atoms with Crippen LogP contribution in [0.4, 0.5) is 5.69 Å². The van der Waals surface area contributed by atoms with Crippen LogP contribution in [-0.4, -0.2) is 22.6 Å². The lowest BCUT2D eigenvalue weighted by Gasteiger charge is -2.11. The third kappa shape index (κ3) is 5.39. The SMILES string of the molecule is CCOc1cccc(C(=O)NNC(=S)Nc2ccc(Cl)cc2)n1. The Balaban J connectivity index is 1.87. The van der Waals surface area contributed by atoms with E-state index in [1.54, 1.807) is 42.5 Å². The number of nitrogens with one attached hydrogen (secondary N) is 3. The number of hydrogen-bond donors (Lipinski definition) is 3. The highest BCUT2D eigenvalue weighted by Crippen LogP contribution is 2.13. The first-order valence-corrected chi connectivity index (χ1v) is 7.60. The molecule has 3 N–H and O–H groups in total. The van der Waals surface area contributed by atoms with Gasteiger partial charge in [-0.25, -0.2) is 4.98 Å². The van der Waals surface area contributed by atoms with Gasteiger partial charge in [-0.1, -0.05) is 17.7 Å². The summed E-state index contributed by atoms with van der Waals surface area (Å²) >= 11 is 10.9. The first kappa shape index (κ1) is 17.0. The Bertz CT molecular complexity index is 694. The molecule has 0 saturated carbocycles. The van der Waals surface area contributed by atoms with Crippen molar-refractivity contribution in [2.75, 3.05) is 11.9 Å². The maximum Gasteiger partial charge on any atom is 0.288 e. The standard InChI is InChI=1S/C15H15ClN4O2S/c1-2-22-13-5-3-4-12(18-13)14(21)19-20-15(23)17-11-8-6-10(16)7-9-11/h3-9H,2H2,1H3,(H,19,21)(H2,17,20,23). The number of rotatable bonds is 4. The number of benzene rings is 1. The zero-order valence-corrected chi connectivity index (χ0v) is 13.9. The topological polar surface area (TPSA) is 75.3 Å². The largest absolute Gasteiger partial charge is 0.478 e. The summed E-state index contributed by atoms with van der Waals surface area (Å²) in [5, 5.41) is 3.77. The van der Waals surface area contributed by atoms with E-state index in [1.807, 2.05) is 6.92 Å². The number of halogens is 1. The number of pyridine rings is 1. The molecule has 0 aliphatic heterocycles. The van der Waals surface area contributed by atoms with Gasteiger partial charge in [0.05, 0.1) is 6.61 Å². The zero-order valence-electron chi connectivity index (χ0n) is 12.3. The Hall–Kier alpha value is -2.38. The number of hydrogen-bond acceptors (Lipinski definition) is 4. The van der Waals surface area contributed by atoms with E-state index in [-0.39, 0.29) is 10.8 Å². The molecule has 2 rings (SSSR count). The smallest absolute Gasteiger partial charge is 0.288 e. The maximum absolute atomic E-state index is 12.0. The molecular formula is C15H15ClN4O2S. The van der Waals surface area contributed by atoms with E-state index in [9.17, 15) is 4.79 Å². The van der Waals surface area contributed by atoms with Crippen molar-refractivity contribution in [1.29, 1.82) is 0 Å². The van der Waals surface area contributed by atoms with Gasteiger partial charge in [-0.3, -0.25) is 15.6 Å². The van der Waals surface area contributed by atoms with Gasteiger partial charge in [-0.15, -0.1) is 0 Å². The van der Waals surface area contributed by atoms with Crippen LogP contribution in [0.5, 0.6) is 5.88 Å². The highest BCUT2D eigenvalue weighted by molar-refractivity contribution is 7.80. The Morgan fingerprint density at radius 1 is 1.22 bits per heavy atom. The van der Waals surface area contributed by atoms with Crippen LogP contribution in [0.2, 0.25) is 5.02 Å². The Morgan fingerprint density at radius 2 is 1.96 bits per heavy atom. The summed E-state index contributed by atoms with van der Waals surface area (Å²) in [6, 6.07) is 12.0. The van der Waals surface area contributed by atoms with Crippen LogP contribution < -0.4 is 20.9 Å². The van der Waals surface area contributed by atoms with Crippen molar-refractivity contribution >= 4 is 40.5 Å². The van der Waals surface area contributed by atoms with Gasteiger partial charge in [0.2, 0.25) is 5.88 Å². The van der Waals surface area contributed by atoms with Gasteiger partial charge in [0.1, 0.15) is 5.69 Å². The second-order valence-corrected chi connectivity index (χ2v) is 5.18. The van der Waals surface area contributed by atoms with Crippen LogP contribution in [0, 0.1) is 0 Å². The molecule has 0 unspecified atom stereocenters. The molecule has 8 heteroatoms. The number of amides is 1. The van der Waals surface area contributed by atoms with E-state index in [0.717, 1.165) is 5.69 Å². The fourth-order valence-electron chi connectivity index (χ4n) is 1.64. The number of thiocarbonyl (C=S) groups is 1. The normalized spacial score (nSPS) is 9.83. The van der Waals surface area contributed by atoms with Crippen molar-refractivity contribution in [3.05, 3.63) is 53.2 Å². The van der Waals surface area contributed by atoms with Crippen LogP contribution in [-0.2, 0) is 0 Å². The molecule has 1 heterocycles. The van der Waals surface area contributed by atoms with Crippen molar-refractivity contribution in [2.45, 2.75) is 6.92 Å². The van der Waals surface area contributed by atoms with E-state index in [1.165, 1.54) is 0 Å². The van der Waals surface area contributed by atoms with E-state index >= 15 is 0 Å². The van der Waals surface area contributed by atoms with E-state index in [0.29, 0.717) is 17.5 Å². The first-order valence-electron chi connectivity index (χ1n) is 6.81. The van der Waals surface area contributed by atoms with Crippen LogP contribution in [0.15, 0.2) is 42.5 Å². The predicted molar refractivity (Wildman–Crippen MR) is 93.7 cm³/mol. The lowest BCUT2D eigenvalue weighted by molar-refractivity contribution is 0.0938. The number of hydrazine groups is 1. The van der Waals surface area contributed by atoms with E-state index < -0.39 is 5.91 Å². The molecule has 0 bridgehead atoms. The summed E-state index contributed by atoms with van der Waals surface area (Å²) in [5.41, 5.74) is 6.03. The summed E-state index contributed by atoms with van der Waals surface area (Å²) in [7, 11) is 0. The summed E-state index contributed by atoms with van der Waals surface area (Å²) in [4.78, 5) is 16.1. The monoisotopic (exact) mass is 350 g/mol. The van der Waals surface area contributed by atoms with Crippen LogP contribution in [0.25, 0.3) is 0 Å². The molecule has 23 heavy (non-hydrogen) atoms.